The lowest BCUT2D eigenvalue weighted by Crippen LogP contribution is -2.24. The standard InChI is InChI=1S/C24H18ClF3N2O4/c25-16-7-8-20(21(11-16)33-18-5-2-6-19(12-18)34-24(26,27)28)15-10-22(31)30(13-15)17-4-1-3-14(9-17)23(29)32/h1-9,11-12,15H,10,13H2,(H2,29,32)/t15-/m0/s1. The molecule has 3 aromatic rings. The van der Waals surface area contributed by atoms with Gasteiger partial charge in [-0.25, -0.2) is 0 Å². The Morgan fingerprint density at radius 3 is 2.50 bits per heavy atom. The number of rotatable bonds is 6. The van der Waals surface area contributed by atoms with Gasteiger partial charge in [-0.15, -0.1) is 13.2 Å². The molecular formula is C24H18ClF3N2O4. The third kappa shape index (κ3) is 5.43. The summed E-state index contributed by atoms with van der Waals surface area (Å²) in [4.78, 5) is 25.8. The van der Waals surface area contributed by atoms with Crippen molar-refractivity contribution in [3.05, 3.63) is 82.9 Å². The Kier molecular flexibility index (Phi) is 6.39. The summed E-state index contributed by atoms with van der Waals surface area (Å²) in [6.07, 6.45) is -4.67. The lowest BCUT2D eigenvalue weighted by atomic mass is 9.97. The molecular weight excluding hydrogens is 473 g/mol. The first kappa shape index (κ1) is 23.4. The van der Waals surface area contributed by atoms with E-state index < -0.39 is 18.0 Å². The van der Waals surface area contributed by atoms with Gasteiger partial charge in [0.25, 0.3) is 0 Å². The second-order valence-corrected chi connectivity index (χ2v) is 8.06. The van der Waals surface area contributed by atoms with Crippen LogP contribution in [0, 0.1) is 0 Å². The van der Waals surface area contributed by atoms with Gasteiger partial charge in [0, 0.05) is 46.8 Å². The molecule has 10 heteroatoms. The number of ether oxygens (including phenoxy) is 2. The maximum absolute atomic E-state index is 12.8. The van der Waals surface area contributed by atoms with Crippen molar-refractivity contribution in [3.8, 4) is 17.2 Å². The number of benzene rings is 3. The summed E-state index contributed by atoms with van der Waals surface area (Å²) < 4.78 is 47.5. The largest absolute Gasteiger partial charge is 0.573 e. The summed E-state index contributed by atoms with van der Waals surface area (Å²) in [5, 5.41) is 0.358. The van der Waals surface area contributed by atoms with Gasteiger partial charge in [-0.1, -0.05) is 29.8 Å². The summed E-state index contributed by atoms with van der Waals surface area (Å²) in [7, 11) is 0. The topological polar surface area (TPSA) is 81.9 Å². The third-order valence-electron chi connectivity index (χ3n) is 5.25. The molecule has 1 aliphatic heterocycles. The zero-order valence-electron chi connectivity index (χ0n) is 17.5. The summed E-state index contributed by atoms with van der Waals surface area (Å²) in [6, 6.07) is 16.5. The smallest absolute Gasteiger partial charge is 0.457 e. The van der Waals surface area contributed by atoms with Crippen molar-refractivity contribution in [1.29, 1.82) is 0 Å². The van der Waals surface area contributed by atoms with Crippen LogP contribution in [0.3, 0.4) is 0 Å². The van der Waals surface area contributed by atoms with Crippen LogP contribution in [0.4, 0.5) is 18.9 Å². The van der Waals surface area contributed by atoms with E-state index >= 15 is 0 Å². The fourth-order valence-electron chi connectivity index (χ4n) is 3.79. The van der Waals surface area contributed by atoms with E-state index in [1.165, 1.54) is 18.2 Å². The molecule has 1 atom stereocenters. The van der Waals surface area contributed by atoms with E-state index in [0.717, 1.165) is 12.1 Å². The van der Waals surface area contributed by atoms with Gasteiger partial charge < -0.3 is 20.1 Å². The SMILES string of the molecule is NC(=O)c1cccc(N2C[C@@H](c3ccc(Cl)cc3Oc3cccc(OC(F)(F)F)c3)CC2=O)c1. The van der Waals surface area contributed by atoms with Gasteiger partial charge in [-0.2, -0.15) is 0 Å². The lowest BCUT2D eigenvalue weighted by molar-refractivity contribution is -0.274. The summed E-state index contributed by atoms with van der Waals surface area (Å²) >= 11 is 6.13. The van der Waals surface area contributed by atoms with Gasteiger partial charge in [0.1, 0.15) is 17.2 Å². The molecule has 4 rings (SSSR count). The Morgan fingerprint density at radius 1 is 1.03 bits per heavy atom. The quantitative estimate of drug-likeness (QED) is 0.484. The Morgan fingerprint density at radius 2 is 1.76 bits per heavy atom. The highest BCUT2D eigenvalue weighted by molar-refractivity contribution is 6.30. The van der Waals surface area contributed by atoms with E-state index in [4.69, 9.17) is 22.1 Å². The molecule has 1 fully saturated rings. The van der Waals surface area contributed by atoms with Gasteiger partial charge in [0.15, 0.2) is 0 Å². The number of nitrogens with zero attached hydrogens (tertiary/aromatic N) is 1. The van der Waals surface area contributed by atoms with E-state index in [-0.39, 0.29) is 29.6 Å². The lowest BCUT2D eigenvalue weighted by Gasteiger charge is -2.19. The van der Waals surface area contributed by atoms with E-state index in [2.05, 4.69) is 4.74 Å². The van der Waals surface area contributed by atoms with Crippen LogP contribution in [-0.4, -0.2) is 24.7 Å². The molecule has 0 bridgehead atoms. The second kappa shape index (κ2) is 9.26. The molecule has 1 aliphatic rings. The van der Waals surface area contributed by atoms with Crippen LogP contribution in [0.1, 0.15) is 28.3 Å². The van der Waals surface area contributed by atoms with Crippen molar-refractivity contribution in [2.75, 3.05) is 11.4 Å². The zero-order chi connectivity index (χ0) is 24.5. The van der Waals surface area contributed by atoms with Crippen molar-refractivity contribution in [2.24, 2.45) is 5.73 Å². The van der Waals surface area contributed by atoms with Crippen LogP contribution < -0.4 is 20.1 Å². The molecule has 6 nitrogen and oxygen atoms in total. The summed E-state index contributed by atoms with van der Waals surface area (Å²) in [5.41, 5.74) is 6.83. The Labute approximate surface area is 197 Å². The average Bonchev–Trinajstić information content (AvgIpc) is 3.14. The Balaban J connectivity index is 1.60. The summed E-state index contributed by atoms with van der Waals surface area (Å²) in [6.45, 7) is 0.302. The second-order valence-electron chi connectivity index (χ2n) is 7.63. The van der Waals surface area contributed by atoms with Gasteiger partial charge >= 0.3 is 6.36 Å². The molecule has 1 heterocycles. The van der Waals surface area contributed by atoms with Crippen LogP contribution in [0.15, 0.2) is 66.7 Å². The van der Waals surface area contributed by atoms with Gasteiger partial charge in [-0.05, 0) is 42.5 Å². The van der Waals surface area contributed by atoms with E-state index in [1.807, 2.05) is 0 Å². The van der Waals surface area contributed by atoms with Crippen molar-refractivity contribution < 1.29 is 32.2 Å². The van der Waals surface area contributed by atoms with Crippen molar-refractivity contribution >= 4 is 29.1 Å². The maximum Gasteiger partial charge on any atom is 0.573 e. The van der Waals surface area contributed by atoms with Gasteiger partial charge in [0.2, 0.25) is 11.8 Å². The normalized spacial score (nSPS) is 15.9. The number of amides is 2. The molecule has 2 N–H and O–H groups in total. The minimum Gasteiger partial charge on any atom is -0.457 e. The predicted octanol–water partition coefficient (Wildman–Crippen LogP) is 5.65. The van der Waals surface area contributed by atoms with Crippen LogP contribution in [0.25, 0.3) is 0 Å². The molecule has 0 aliphatic carbocycles. The number of hydrogen-bond acceptors (Lipinski definition) is 4. The Bertz CT molecular complexity index is 1250. The first-order valence-corrected chi connectivity index (χ1v) is 10.5. The van der Waals surface area contributed by atoms with Crippen LogP contribution in [-0.2, 0) is 4.79 Å². The van der Waals surface area contributed by atoms with E-state index in [9.17, 15) is 22.8 Å². The number of alkyl halides is 3. The monoisotopic (exact) mass is 490 g/mol. The molecule has 3 aromatic carbocycles. The number of hydrogen-bond donors (Lipinski definition) is 1. The van der Waals surface area contributed by atoms with E-state index in [1.54, 1.807) is 41.3 Å². The minimum atomic E-state index is -4.83. The highest BCUT2D eigenvalue weighted by Crippen LogP contribution is 2.40. The number of carbonyl (C=O) groups excluding carboxylic acids is 2. The number of carbonyl (C=O) groups is 2. The average molecular weight is 491 g/mol. The number of primary amides is 1. The van der Waals surface area contributed by atoms with Crippen molar-refractivity contribution in [2.45, 2.75) is 18.7 Å². The highest BCUT2D eigenvalue weighted by atomic mass is 35.5. The van der Waals surface area contributed by atoms with Gasteiger partial charge in [0.05, 0.1) is 0 Å². The molecule has 0 radical (unpaired) electrons. The summed E-state index contributed by atoms with van der Waals surface area (Å²) in [5.74, 6) is -1.05. The minimum absolute atomic E-state index is 0.112. The first-order valence-electron chi connectivity index (χ1n) is 10.1. The highest BCUT2D eigenvalue weighted by Gasteiger charge is 2.34. The first-order chi connectivity index (χ1) is 16.1. The fourth-order valence-corrected chi connectivity index (χ4v) is 3.95. The number of halogens is 4. The van der Waals surface area contributed by atoms with Crippen molar-refractivity contribution in [3.63, 3.8) is 0 Å². The molecule has 0 unspecified atom stereocenters. The fraction of sp³-hybridized carbons (Fsp3) is 0.167. The van der Waals surface area contributed by atoms with Gasteiger partial charge in [-0.3, -0.25) is 9.59 Å². The molecule has 0 saturated carbocycles. The molecule has 176 valence electrons. The zero-order valence-corrected chi connectivity index (χ0v) is 18.3. The van der Waals surface area contributed by atoms with Crippen LogP contribution in [0.5, 0.6) is 17.2 Å². The molecule has 0 aromatic heterocycles. The number of nitrogens with two attached hydrogens (primary N) is 1. The predicted molar refractivity (Wildman–Crippen MR) is 119 cm³/mol. The third-order valence-corrected chi connectivity index (χ3v) is 5.48. The molecule has 34 heavy (non-hydrogen) atoms. The molecule has 1 saturated heterocycles. The van der Waals surface area contributed by atoms with Crippen molar-refractivity contribution in [1.82, 2.24) is 0 Å². The Hall–Kier alpha value is -3.72. The maximum atomic E-state index is 12.8. The number of anilines is 1. The van der Waals surface area contributed by atoms with E-state index in [0.29, 0.717) is 28.6 Å². The van der Waals surface area contributed by atoms with Crippen LogP contribution >= 0.6 is 11.6 Å². The molecule has 2 amide bonds. The molecule has 0 spiro atoms. The van der Waals surface area contributed by atoms with Crippen LogP contribution in [0.2, 0.25) is 5.02 Å².